The highest BCUT2D eigenvalue weighted by atomic mass is 32.1. The maximum atomic E-state index is 12.8. The molecular weight excluding hydrogens is 432 g/mol. The lowest BCUT2D eigenvalue weighted by Gasteiger charge is -2.20. The molecular formula is C23H22N2O4S2. The maximum Gasteiger partial charge on any atom is 0.306 e. The van der Waals surface area contributed by atoms with Crippen LogP contribution in [0.1, 0.15) is 35.1 Å². The molecule has 160 valence electrons. The number of rotatable bonds is 9. The summed E-state index contributed by atoms with van der Waals surface area (Å²) in [5.74, 6) is 0.0253. The number of para-hydroxylation sites is 1. The molecule has 0 saturated heterocycles. The Morgan fingerprint density at radius 2 is 1.84 bits per heavy atom. The minimum Gasteiger partial charge on any atom is -0.494 e. The van der Waals surface area contributed by atoms with E-state index in [0.717, 1.165) is 21.2 Å². The van der Waals surface area contributed by atoms with Crippen molar-refractivity contribution < 1.29 is 19.1 Å². The van der Waals surface area contributed by atoms with Gasteiger partial charge in [-0.1, -0.05) is 30.3 Å². The molecule has 3 heterocycles. The van der Waals surface area contributed by atoms with Gasteiger partial charge in [0, 0.05) is 17.7 Å². The summed E-state index contributed by atoms with van der Waals surface area (Å²) in [5.41, 5.74) is 0.881. The fraction of sp³-hybridized carbons (Fsp3) is 0.261. The Morgan fingerprint density at radius 1 is 1.03 bits per heavy atom. The number of esters is 1. The number of hydrogen-bond acceptors (Lipinski definition) is 7. The summed E-state index contributed by atoms with van der Waals surface area (Å²) in [7, 11) is 0. The highest BCUT2D eigenvalue weighted by Crippen LogP contribution is 2.35. The Kier molecular flexibility index (Phi) is 7.11. The molecule has 6 nitrogen and oxygen atoms in total. The molecule has 1 amide bonds. The van der Waals surface area contributed by atoms with Gasteiger partial charge in [0.15, 0.2) is 6.61 Å². The molecule has 1 atom stereocenters. The van der Waals surface area contributed by atoms with Gasteiger partial charge in [-0.2, -0.15) is 5.10 Å². The largest absolute Gasteiger partial charge is 0.494 e. The van der Waals surface area contributed by atoms with Gasteiger partial charge in [0.05, 0.1) is 23.2 Å². The topological polar surface area (TPSA) is 68.2 Å². The van der Waals surface area contributed by atoms with Crippen molar-refractivity contribution in [1.82, 2.24) is 5.01 Å². The van der Waals surface area contributed by atoms with Crippen LogP contribution >= 0.6 is 22.7 Å². The van der Waals surface area contributed by atoms with Crippen molar-refractivity contribution in [1.29, 1.82) is 0 Å². The predicted octanol–water partition coefficient (Wildman–Crippen LogP) is 4.89. The van der Waals surface area contributed by atoms with Gasteiger partial charge in [-0.15, -0.1) is 22.7 Å². The SMILES string of the molecule is O=C(CCCOc1ccccc1)OCC(=O)N1N=C(c2cccs2)CC1c1cccs1. The molecule has 8 heteroatoms. The number of carbonyl (C=O) groups excluding carboxylic acids is 2. The molecule has 4 rings (SSSR count). The molecule has 0 aliphatic carbocycles. The molecule has 0 N–H and O–H groups in total. The first-order chi connectivity index (χ1) is 15.2. The van der Waals surface area contributed by atoms with Crippen LogP contribution in [0.4, 0.5) is 0 Å². The van der Waals surface area contributed by atoms with Crippen molar-refractivity contribution >= 4 is 40.3 Å². The van der Waals surface area contributed by atoms with Crippen molar-refractivity contribution in [2.45, 2.75) is 25.3 Å². The lowest BCUT2D eigenvalue weighted by Crippen LogP contribution is -2.31. The highest BCUT2D eigenvalue weighted by molar-refractivity contribution is 7.12. The molecule has 3 aromatic rings. The summed E-state index contributed by atoms with van der Waals surface area (Å²) >= 11 is 3.19. The average Bonchev–Trinajstić information content (AvgIpc) is 3.56. The van der Waals surface area contributed by atoms with E-state index in [2.05, 4.69) is 5.10 Å². The monoisotopic (exact) mass is 454 g/mol. The van der Waals surface area contributed by atoms with Crippen LogP contribution in [0, 0.1) is 0 Å². The van der Waals surface area contributed by atoms with Crippen molar-refractivity contribution in [2.75, 3.05) is 13.2 Å². The zero-order chi connectivity index (χ0) is 21.5. The van der Waals surface area contributed by atoms with Crippen LogP contribution in [-0.2, 0) is 14.3 Å². The second-order valence-electron chi connectivity index (χ2n) is 6.92. The van der Waals surface area contributed by atoms with Crippen molar-refractivity contribution in [3.63, 3.8) is 0 Å². The van der Waals surface area contributed by atoms with E-state index in [1.807, 2.05) is 65.4 Å². The first-order valence-electron chi connectivity index (χ1n) is 10.0. The summed E-state index contributed by atoms with van der Waals surface area (Å²) < 4.78 is 10.8. The molecule has 0 radical (unpaired) electrons. The lowest BCUT2D eigenvalue weighted by atomic mass is 10.1. The summed E-state index contributed by atoms with van der Waals surface area (Å²) in [6.07, 6.45) is 1.36. The number of thiophene rings is 2. The first kappa shape index (κ1) is 21.3. The number of hydrogen-bond donors (Lipinski definition) is 0. The summed E-state index contributed by atoms with van der Waals surface area (Å²) in [4.78, 5) is 27.0. The van der Waals surface area contributed by atoms with Crippen LogP contribution in [0.3, 0.4) is 0 Å². The van der Waals surface area contributed by atoms with E-state index < -0.39 is 5.97 Å². The van der Waals surface area contributed by atoms with Crippen LogP contribution < -0.4 is 4.74 Å². The molecule has 0 saturated carbocycles. The fourth-order valence-corrected chi connectivity index (χ4v) is 4.77. The molecule has 31 heavy (non-hydrogen) atoms. The molecule has 1 aromatic carbocycles. The standard InChI is InChI=1S/C23H22N2O4S2/c26-22(16-29-23(27)11-4-12-28-17-7-2-1-3-8-17)25-19(21-10-6-14-31-21)15-18(24-25)20-9-5-13-30-20/h1-3,5-10,13-14,19H,4,11-12,15-16H2. The molecule has 2 aromatic heterocycles. The molecule has 1 aliphatic heterocycles. The van der Waals surface area contributed by atoms with Crippen LogP contribution in [0.2, 0.25) is 0 Å². The Balaban J connectivity index is 1.28. The van der Waals surface area contributed by atoms with Gasteiger partial charge in [-0.3, -0.25) is 9.59 Å². The fourth-order valence-electron chi connectivity index (χ4n) is 3.24. The zero-order valence-corrected chi connectivity index (χ0v) is 18.4. The minimum absolute atomic E-state index is 0.164. The van der Waals surface area contributed by atoms with Gasteiger partial charge in [0.2, 0.25) is 0 Å². The second-order valence-corrected chi connectivity index (χ2v) is 8.85. The zero-order valence-electron chi connectivity index (χ0n) is 16.8. The maximum absolute atomic E-state index is 12.8. The van der Waals surface area contributed by atoms with Gasteiger partial charge in [0.25, 0.3) is 5.91 Å². The quantitative estimate of drug-likeness (QED) is 0.341. The molecule has 0 fully saturated rings. The van der Waals surface area contributed by atoms with E-state index in [1.54, 1.807) is 22.7 Å². The smallest absolute Gasteiger partial charge is 0.306 e. The van der Waals surface area contributed by atoms with Gasteiger partial charge in [-0.25, -0.2) is 5.01 Å². The van der Waals surface area contributed by atoms with E-state index in [1.165, 1.54) is 5.01 Å². The Bertz CT molecular complexity index is 1020. The Morgan fingerprint density at radius 3 is 2.58 bits per heavy atom. The molecule has 1 aliphatic rings. The first-order valence-corrected chi connectivity index (χ1v) is 11.8. The van der Waals surface area contributed by atoms with Gasteiger partial charge >= 0.3 is 5.97 Å². The number of benzene rings is 1. The number of amides is 1. The van der Waals surface area contributed by atoms with E-state index in [4.69, 9.17) is 9.47 Å². The van der Waals surface area contributed by atoms with Gasteiger partial charge in [-0.05, 0) is 41.4 Å². The molecule has 0 spiro atoms. The average molecular weight is 455 g/mol. The van der Waals surface area contributed by atoms with E-state index in [0.29, 0.717) is 19.4 Å². The molecule has 1 unspecified atom stereocenters. The Labute approximate surface area is 188 Å². The number of hydrazone groups is 1. The van der Waals surface area contributed by atoms with Crippen LogP contribution in [0.5, 0.6) is 5.75 Å². The third-order valence-electron chi connectivity index (χ3n) is 4.74. The van der Waals surface area contributed by atoms with Crippen LogP contribution in [-0.4, -0.2) is 35.8 Å². The predicted molar refractivity (Wildman–Crippen MR) is 122 cm³/mol. The normalized spacial score (nSPS) is 15.5. The minimum atomic E-state index is -0.417. The number of carbonyl (C=O) groups is 2. The van der Waals surface area contributed by atoms with E-state index in [-0.39, 0.29) is 25.0 Å². The summed E-state index contributed by atoms with van der Waals surface area (Å²) in [5, 5.41) is 10.0. The third-order valence-corrected chi connectivity index (χ3v) is 6.63. The highest BCUT2D eigenvalue weighted by Gasteiger charge is 2.34. The van der Waals surface area contributed by atoms with Gasteiger partial charge in [0.1, 0.15) is 5.75 Å². The van der Waals surface area contributed by atoms with Crippen molar-refractivity contribution in [2.24, 2.45) is 5.10 Å². The lowest BCUT2D eigenvalue weighted by molar-refractivity contribution is -0.153. The van der Waals surface area contributed by atoms with Crippen LogP contribution in [0.15, 0.2) is 70.5 Å². The van der Waals surface area contributed by atoms with Gasteiger partial charge < -0.3 is 9.47 Å². The second kappa shape index (κ2) is 10.4. The number of ether oxygens (including phenoxy) is 2. The number of nitrogens with zero attached hydrogens (tertiary/aromatic N) is 2. The third kappa shape index (κ3) is 5.59. The Hall–Kier alpha value is -2.97. The summed E-state index contributed by atoms with van der Waals surface area (Å²) in [6, 6.07) is 17.2. The van der Waals surface area contributed by atoms with Crippen molar-refractivity contribution in [3.8, 4) is 5.75 Å². The molecule has 0 bridgehead atoms. The van der Waals surface area contributed by atoms with Crippen LogP contribution in [0.25, 0.3) is 0 Å². The van der Waals surface area contributed by atoms with Crippen molar-refractivity contribution in [3.05, 3.63) is 75.1 Å². The summed E-state index contributed by atoms with van der Waals surface area (Å²) in [6.45, 7) is 0.0928. The van der Waals surface area contributed by atoms with E-state index >= 15 is 0 Å². The van der Waals surface area contributed by atoms with E-state index in [9.17, 15) is 9.59 Å².